The summed E-state index contributed by atoms with van der Waals surface area (Å²) in [6.45, 7) is 6.31. The second kappa shape index (κ2) is 13.1. The molecule has 3 N–H and O–H groups in total. The van der Waals surface area contributed by atoms with Gasteiger partial charge in [-0.1, -0.05) is 49.7 Å². The van der Waals surface area contributed by atoms with Crippen LogP contribution in [0.4, 0.5) is 0 Å². The van der Waals surface area contributed by atoms with E-state index < -0.39 is 0 Å². The Kier molecular flexibility index (Phi) is 11.2. The molecule has 2 rings (SSSR count). The van der Waals surface area contributed by atoms with Crippen molar-refractivity contribution >= 4 is 35.8 Å². The second-order valence-electron chi connectivity index (χ2n) is 6.51. The topological polar surface area (TPSA) is 65.5 Å². The zero-order valence-corrected chi connectivity index (χ0v) is 19.2. The third kappa shape index (κ3) is 7.88. The SMILES string of the molecule is CCCCNC(=O)c1ccc(CNC(=NC)NCc2ccccc2C)cc1.I. The van der Waals surface area contributed by atoms with E-state index in [-0.39, 0.29) is 29.9 Å². The van der Waals surface area contributed by atoms with E-state index in [4.69, 9.17) is 0 Å². The summed E-state index contributed by atoms with van der Waals surface area (Å²) in [5.74, 6) is 0.735. The molecular formula is C22H31IN4O. The lowest BCUT2D eigenvalue weighted by Gasteiger charge is -2.13. The summed E-state index contributed by atoms with van der Waals surface area (Å²) < 4.78 is 0. The predicted octanol–water partition coefficient (Wildman–Crippen LogP) is 4.01. The zero-order chi connectivity index (χ0) is 19.5. The van der Waals surface area contributed by atoms with Crippen LogP contribution in [0.2, 0.25) is 0 Å². The minimum Gasteiger partial charge on any atom is -0.352 e. The predicted molar refractivity (Wildman–Crippen MR) is 127 cm³/mol. The minimum atomic E-state index is -0.0151. The maximum atomic E-state index is 12.0. The molecule has 0 spiro atoms. The highest BCUT2D eigenvalue weighted by Crippen LogP contribution is 2.07. The molecule has 0 bridgehead atoms. The molecule has 0 aliphatic heterocycles. The van der Waals surface area contributed by atoms with E-state index in [0.717, 1.165) is 37.5 Å². The molecule has 0 aromatic heterocycles. The van der Waals surface area contributed by atoms with Gasteiger partial charge in [0.2, 0.25) is 0 Å². The number of nitrogens with zero attached hydrogens (tertiary/aromatic N) is 1. The van der Waals surface area contributed by atoms with Gasteiger partial charge >= 0.3 is 0 Å². The number of nitrogens with one attached hydrogen (secondary N) is 3. The third-order valence-electron chi connectivity index (χ3n) is 4.42. The first-order chi connectivity index (χ1) is 13.1. The van der Waals surface area contributed by atoms with E-state index in [1.54, 1.807) is 7.05 Å². The van der Waals surface area contributed by atoms with Gasteiger partial charge in [0.1, 0.15) is 0 Å². The quantitative estimate of drug-likeness (QED) is 0.225. The third-order valence-corrected chi connectivity index (χ3v) is 4.42. The number of halogens is 1. The van der Waals surface area contributed by atoms with Gasteiger partial charge in [0.05, 0.1) is 0 Å². The van der Waals surface area contributed by atoms with Crippen molar-refractivity contribution in [3.8, 4) is 0 Å². The van der Waals surface area contributed by atoms with Crippen molar-refractivity contribution in [2.75, 3.05) is 13.6 Å². The first-order valence-corrected chi connectivity index (χ1v) is 9.50. The number of hydrogen-bond donors (Lipinski definition) is 3. The molecule has 0 atom stereocenters. The van der Waals surface area contributed by atoms with E-state index in [9.17, 15) is 4.79 Å². The molecule has 1 amide bonds. The number of unbranched alkanes of at least 4 members (excludes halogenated alkanes) is 1. The first kappa shape index (κ1) is 23.9. The molecule has 0 saturated carbocycles. The van der Waals surface area contributed by atoms with Crippen LogP contribution >= 0.6 is 24.0 Å². The van der Waals surface area contributed by atoms with Gasteiger partial charge in [-0.15, -0.1) is 24.0 Å². The smallest absolute Gasteiger partial charge is 0.251 e. The number of guanidine groups is 1. The summed E-state index contributed by atoms with van der Waals surface area (Å²) in [7, 11) is 1.76. The molecule has 2 aromatic rings. The number of benzene rings is 2. The van der Waals surface area contributed by atoms with Crippen molar-refractivity contribution in [3.05, 3.63) is 70.8 Å². The maximum Gasteiger partial charge on any atom is 0.251 e. The van der Waals surface area contributed by atoms with Gasteiger partial charge in [-0.2, -0.15) is 0 Å². The average molecular weight is 494 g/mol. The van der Waals surface area contributed by atoms with Crippen LogP contribution in [0.15, 0.2) is 53.5 Å². The van der Waals surface area contributed by atoms with Crippen LogP contribution in [0.25, 0.3) is 0 Å². The fraction of sp³-hybridized carbons (Fsp3) is 0.364. The molecule has 5 nitrogen and oxygen atoms in total. The Bertz CT molecular complexity index is 759. The number of carbonyl (C=O) groups is 1. The van der Waals surface area contributed by atoms with E-state index in [1.807, 2.05) is 36.4 Å². The highest BCUT2D eigenvalue weighted by atomic mass is 127. The molecule has 0 aliphatic carbocycles. The number of rotatable bonds is 8. The molecule has 0 fully saturated rings. The molecule has 6 heteroatoms. The van der Waals surface area contributed by atoms with Gasteiger partial charge in [0, 0.05) is 32.2 Å². The number of aryl methyl sites for hydroxylation is 1. The van der Waals surface area contributed by atoms with Gasteiger partial charge in [0.15, 0.2) is 5.96 Å². The summed E-state index contributed by atoms with van der Waals surface area (Å²) in [6, 6.07) is 16.0. The molecule has 0 aliphatic rings. The van der Waals surface area contributed by atoms with Crippen molar-refractivity contribution in [2.24, 2.45) is 4.99 Å². The van der Waals surface area contributed by atoms with Gasteiger partial charge in [-0.25, -0.2) is 0 Å². The Morgan fingerprint density at radius 3 is 2.29 bits per heavy atom. The number of hydrogen-bond acceptors (Lipinski definition) is 2. The Morgan fingerprint density at radius 2 is 1.64 bits per heavy atom. The first-order valence-electron chi connectivity index (χ1n) is 9.50. The van der Waals surface area contributed by atoms with Gasteiger partial charge in [0.25, 0.3) is 5.91 Å². The molecule has 0 heterocycles. The summed E-state index contributed by atoms with van der Waals surface area (Å²) in [6.07, 6.45) is 2.08. The fourth-order valence-electron chi connectivity index (χ4n) is 2.65. The largest absolute Gasteiger partial charge is 0.352 e. The molecule has 28 heavy (non-hydrogen) atoms. The molecule has 2 aromatic carbocycles. The monoisotopic (exact) mass is 494 g/mol. The summed E-state index contributed by atoms with van der Waals surface area (Å²) >= 11 is 0. The fourth-order valence-corrected chi connectivity index (χ4v) is 2.65. The molecule has 152 valence electrons. The van der Waals surface area contributed by atoms with Crippen LogP contribution in [-0.2, 0) is 13.1 Å². The molecule has 0 radical (unpaired) electrons. The van der Waals surface area contributed by atoms with Gasteiger partial charge < -0.3 is 16.0 Å². The van der Waals surface area contributed by atoms with Crippen molar-refractivity contribution < 1.29 is 4.79 Å². The summed E-state index contributed by atoms with van der Waals surface area (Å²) in [5.41, 5.74) is 4.29. The van der Waals surface area contributed by atoms with Crippen LogP contribution in [0, 0.1) is 6.92 Å². The number of amides is 1. The summed E-state index contributed by atoms with van der Waals surface area (Å²) in [5, 5.41) is 9.57. The standard InChI is InChI=1S/C22H30N4O.HI/c1-4-5-14-24-21(27)19-12-10-18(11-13-19)15-25-22(23-3)26-16-20-9-7-6-8-17(20)2;/h6-13H,4-5,14-16H2,1-3H3,(H,24,27)(H2,23,25,26);1H. The van der Waals surface area contributed by atoms with E-state index >= 15 is 0 Å². The second-order valence-corrected chi connectivity index (χ2v) is 6.51. The Hall–Kier alpha value is -2.09. The van der Waals surface area contributed by atoms with Crippen LogP contribution in [-0.4, -0.2) is 25.5 Å². The van der Waals surface area contributed by atoms with Gasteiger partial charge in [-0.05, 0) is 42.2 Å². The van der Waals surface area contributed by atoms with Crippen LogP contribution in [0.1, 0.15) is 46.8 Å². The van der Waals surface area contributed by atoms with Crippen molar-refractivity contribution in [1.82, 2.24) is 16.0 Å². The van der Waals surface area contributed by atoms with Gasteiger partial charge in [-0.3, -0.25) is 9.79 Å². The Morgan fingerprint density at radius 1 is 0.964 bits per heavy atom. The van der Waals surface area contributed by atoms with Crippen LogP contribution < -0.4 is 16.0 Å². The summed E-state index contributed by atoms with van der Waals surface area (Å²) in [4.78, 5) is 16.3. The maximum absolute atomic E-state index is 12.0. The zero-order valence-electron chi connectivity index (χ0n) is 16.9. The van der Waals surface area contributed by atoms with E-state index in [2.05, 4.69) is 46.9 Å². The Balaban J connectivity index is 0.00000392. The highest BCUT2D eigenvalue weighted by Gasteiger charge is 2.05. The molecule has 0 unspecified atom stereocenters. The van der Waals surface area contributed by atoms with Crippen molar-refractivity contribution in [2.45, 2.75) is 39.8 Å². The average Bonchev–Trinajstić information content (AvgIpc) is 2.70. The lowest BCUT2D eigenvalue weighted by molar-refractivity contribution is 0.0953. The van der Waals surface area contributed by atoms with E-state index in [0.29, 0.717) is 12.1 Å². The Labute approximate surface area is 185 Å². The molecular weight excluding hydrogens is 463 g/mol. The highest BCUT2D eigenvalue weighted by molar-refractivity contribution is 14.0. The normalized spacial score (nSPS) is 10.8. The number of carbonyl (C=O) groups excluding carboxylic acids is 1. The number of aliphatic imine (C=N–C) groups is 1. The van der Waals surface area contributed by atoms with Crippen molar-refractivity contribution in [1.29, 1.82) is 0 Å². The van der Waals surface area contributed by atoms with Crippen LogP contribution in [0.3, 0.4) is 0 Å². The lowest BCUT2D eigenvalue weighted by atomic mass is 10.1. The molecule has 0 saturated heterocycles. The van der Waals surface area contributed by atoms with E-state index in [1.165, 1.54) is 11.1 Å². The van der Waals surface area contributed by atoms with Crippen molar-refractivity contribution in [3.63, 3.8) is 0 Å². The minimum absolute atomic E-state index is 0. The van der Waals surface area contributed by atoms with Crippen LogP contribution in [0.5, 0.6) is 0 Å². The lowest BCUT2D eigenvalue weighted by Crippen LogP contribution is -2.36.